The number of hydrogen-bond acceptors (Lipinski definition) is 5. The molecule has 2 N–H and O–H groups in total. The van der Waals surface area contributed by atoms with E-state index in [-0.39, 0.29) is 19.3 Å². The summed E-state index contributed by atoms with van der Waals surface area (Å²) in [7, 11) is 0. The highest BCUT2D eigenvalue weighted by Gasteiger charge is 2.30. The van der Waals surface area contributed by atoms with Gasteiger partial charge in [-0.25, -0.2) is 0 Å². The number of aliphatic hydroxyl groups excluding tert-OH is 2. The van der Waals surface area contributed by atoms with Gasteiger partial charge in [0.25, 0.3) is 0 Å². The van der Waals surface area contributed by atoms with E-state index < -0.39 is 6.10 Å². The molecule has 1 saturated heterocycles. The lowest BCUT2D eigenvalue weighted by Gasteiger charge is -2.36. The van der Waals surface area contributed by atoms with Crippen LogP contribution in [0.2, 0.25) is 0 Å². The first-order valence-corrected chi connectivity index (χ1v) is 9.21. The Balaban J connectivity index is 1.37. The van der Waals surface area contributed by atoms with E-state index >= 15 is 0 Å². The highest BCUT2D eigenvalue weighted by molar-refractivity contribution is 5.45. The molecule has 140 valence electrons. The van der Waals surface area contributed by atoms with E-state index in [0.717, 1.165) is 42.1 Å². The van der Waals surface area contributed by atoms with E-state index in [4.69, 9.17) is 14.6 Å². The molecule has 0 aliphatic carbocycles. The summed E-state index contributed by atoms with van der Waals surface area (Å²) in [6, 6.07) is 14.0. The van der Waals surface area contributed by atoms with Crippen molar-refractivity contribution in [1.29, 1.82) is 0 Å². The van der Waals surface area contributed by atoms with Crippen LogP contribution in [-0.2, 0) is 6.54 Å². The quantitative estimate of drug-likeness (QED) is 0.816. The number of hydrogen-bond donors (Lipinski definition) is 2. The number of ether oxygens (including phenoxy) is 2. The molecular weight excluding hydrogens is 342 g/mol. The Labute approximate surface area is 159 Å². The van der Waals surface area contributed by atoms with Crippen molar-refractivity contribution in [3.8, 4) is 23.3 Å². The van der Waals surface area contributed by atoms with Gasteiger partial charge >= 0.3 is 0 Å². The van der Waals surface area contributed by atoms with Crippen LogP contribution in [0.5, 0.6) is 11.5 Å². The van der Waals surface area contributed by atoms with Gasteiger partial charge in [-0.05, 0) is 48.4 Å². The molecule has 27 heavy (non-hydrogen) atoms. The van der Waals surface area contributed by atoms with Gasteiger partial charge < -0.3 is 19.7 Å². The number of β-amino-alcohol motifs (C(OH)–C–C–N with tert-alkyl or cyclic N) is 1. The average molecular weight is 365 g/mol. The summed E-state index contributed by atoms with van der Waals surface area (Å²) in [5, 5.41) is 19.5. The Hall–Kier alpha value is -2.52. The molecule has 5 nitrogen and oxygen atoms in total. The second-order valence-electron chi connectivity index (χ2n) is 6.97. The van der Waals surface area contributed by atoms with Crippen LogP contribution in [0.4, 0.5) is 0 Å². The Morgan fingerprint density at radius 1 is 1.07 bits per heavy atom. The number of nitrogens with zero attached hydrogens (tertiary/aromatic N) is 1. The molecule has 0 aromatic heterocycles. The first-order valence-electron chi connectivity index (χ1n) is 9.21. The van der Waals surface area contributed by atoms with E-state index in [0.29, 0.717) is 6.54 Å². The van der Waals surface area contributed by atoms with Gasteiger partial charge in [-0.3, -0.25) is 4.90 Å². The molecule has 0 bridgehead atoms. The van der Waals surface area contributed by atoms with Gasteiger partial charge in [0.15, 0.2) is 11.5 Å². The van der Waals surface area contributed by atoms with Crippen LogP contribution in [0.15, 0.2) is 42.5 Å². The Morgan fingerprint density at radius 3 is 2.67 bits per heavy atom. The maximum atomic E-state index is 10.7. The van der Waals surface area contributed by atoms with Crippen LogP contribution in [0.3, 0.4) is 0 Å². The van der Waals surface area contributed by atoms with Crippen LogP contribution in [0, 0.1) is 11.8 Å². The van der Waals surface area contributed by atoms with Crippen molar-refractivity contribution >= 4 is 0 Å². The number of piperidine rings is 1. The molecule has 2 aromatic carbocycles. The van der Waals surface area contributed by atoms with Crippen LogP contribution in [0.25, 0.3) is 0 Å². The molecule has 0 radical (unpaired) electrons. The lowest BCUT2D eigenvalue weighted by molar-refractivity contribution is 0.0476. The third-order valence-electron chi connectivity index (χ3n) is 5.16. The van der Waals surface area contributed by atoms with E-state index in [1.165, 1.54) is 5.56 Å². The molecule has 0 amide bonds. The highest BCUT2D eigenvalue weighted by Crippen LogP contribution is 2.37. The molecule has 2 atom stereocenters. The fraction of sp³-hybridized carbons (Fsp3) is 0.364. The van der Waals surface area contributed by atoms with Crippen molar-refractivity contribution in [2.45, 2.75) is 25.0 Å². The van der Waals surface area contributed by atoms with Crippen molar-refractivity contribution in [3.05, 3.63) is 59.2 Å². The predicted octanol–water partition coefficient (Wildman–Crippen LogP) is 2.11. The highest BCUT2D eigenvalue weighted by atomic mass is 16.7. The van der Waals surface area contributed by atoms with Gasteiger partial charge in [0.2, 0.25) is 6.79 Å². The molecule has 4 rings (SSSR count). The minimum absolute atomic E-state index is 0.117. The van der Waals surface area contributed by atoms with Gasteiger partial charge in [0.05, 0.1) is 6.10 Å². The van der Waals surface area contributed by atoms with Crippen LogP contribution in [-0.4, -0.2) is 47.7 Å². The fourth-order valence-electron chi connectivity index (χ4n) is 3.77. The first-order chi connectivity index (χ1) is 13.2. The standard InChI is InChI=1S/C22H23NO4/c24-11-1-2-16-3-5-17(6-4-16)13-23-10-9-19(20(25)14-23)18-7-8-21-22(12-18)27-15-26-21/h3-8,12,19-20,24-25H,9-11,13-15H2/t19-,20+/m0/s1. The normalized spacial score (nSPS) is 21.6. The number of fused-ring (bicyclic) bond motifs is 1. The molecule has 2 aliphatic rings. The molecule has 5 heteroatoms. The second-order valence-corrected chi connectivity index (χ2v) is 6.97. The van der Waals surface area contributed by atoms with Crippen molar-refractivity contribution in [2.75, 3.05) is 26.5 Å². The van der Waals surface area contributed by atoms with Gasteiger partial charge in [0.1, 0.15) is 6.61 Å². The maximum absolute atomic E-state index is 10.7. The minimum Gasteiger partial charge on any atom is -0.454 e. The second kappa shape index (κ2) is 8.01. The van der Waals surface area contributed by atoms with Crippen LogP contribution >= 0.6 is 0 Å². The largest absolute Gasteiger partial charge is 0.454 e. The summed E-state index contributed by atoms with van der Waals surface area (Å²) in [5.41, 5.74) is 3.20. The molecule has 2 aromatic rings. The summed E-state index contributed by atoms with van der Waals surface area (Å²) in [4.78, 5) is 2.28. The zero-order valence-electron chi connectivity index (χ0n) is 15.1. The number of benzene rings is 2. The first kappa shape index (κ1) is 17.9. The monoisotopic (exact) mass is 365 g/mol. The summed E-state index contributed by atoms with van der Waals surface area (Å²) in [6.45, 7) is 2.52. The minimum atomic E-state index is -0.409. The van der Waals surface area contributed by atoms with Gasteiger partial charge in [-0.1, -0.05) is 30.0 Å². The topological polar surface area (TPSA) is 62.2 Å². The third kappa shape index (κ3) is 4.09. The molecular formula is C22H23NO4. The number of rotatable bonds is 3. The lowest BCUT2D eigenvalue weighted by Crippen LogP contribution is -2.42. The zero-order valence-corrected chi connectivity index (χ0v) is 15.1. The lowest BCUT2D eigenvalue weighted by atomic mass is 9.86. The summed E-state index contributed by atoms with van der Waals surface area (Å²) < 4.78 is 10.8. The summed E-state index contributed by atoms with van der Waals surface area (Å²) in [5.74, 6) is 7.22. The predicted molar refractivity (Wildman–Crippen MR) is 102 cm³/mol. The van der Waals surface area contributed by atoms with E-state index in [1.54, 1.807) is 0 Å². The molecule has 0 unspecified atom stereocenters. The average Bonchev–Trinajstić information content (AvgIpc) is 3.15. The number of likely N-dealkylation sites (tertiary alicyclic amines) is 1. The summed E-state index contributed by atoms with van der Waals surface area (Å²) >= 11 is 0. The summed E-state index contributed by atoms with van der Waals surface area (Å²) in [6.07, 6.45) is 0.495. The molecule has 2 heterocycles. The van der Waals surface area contributed by atoms with E-state index in [9.17, 15) is 5.11 Å². The Morgan fingerprint density at radius 2 is 1.89 bits per heavy atom. The van der Waals surface area contributed by atoms with Crippen LogP contribution < -0.4 is 9.47 Å². The third-order valence-corrected chi connectivity index (χ3v) is 5.16. The Bertz CT molecular complexity index is 853. The van der Waals surface area contributed by atoms with Gasteiger partial charge in [-0.15, -0.1) is 0 Å². The van der Waals surface area contributed by atoms with Crippen molar-refractivity contribution in [3.63, 3.8) is 0 Å². The van der Waals surface area contributed by atoms with Gasteiger partial charge in [0, 0.05) is 24.6 Å². The van der Waals surface area contributed by atoms with Crippen LogP contribution in [0.1, 0.15) is 29.0 Å². The maximum Gasteiger partial charge on any atom is 0.231 e. The van der Waals surface area contributed by atoms with E-state index in [1.807, 2.05) is 30.3 Å². The van der Waals surface area contributed by atoms with Crippen molar-refractivity contribution < 1.29 is 19.7 Å². The molecule has 0 saturated carbocycles. The van der Waals surface area contributed by atoms with Crippen molar-refractivity contribution in [1.82, 2.24) is 4.90 Å². The smallest absolute Gasteiger partial charge is 0.231 e. The van der Waals surface area contributed by atoms with Gasteiger partial charge in [-0.2, -0.15) is 0 Å². The fourth-order valence-corrected chi connectivity index (χ4v) is 3.77. The van der Waals surface area contributed by atoms with Crippen molar-refractivity contribution in [2.24, 2.45) is 0 Å². The number of aliphatic hydroxyl groups is 2. The van der Waals surface area contributed by atoms with E-state index in [2.05, 4.69) is 28.9 Å². The Kier molecular flexibility index (Phi) is 5.30. The molecule has 2 aliphatic heterocycles. The molecule has 1 fully saturated rings. The zero-order chi connectivity index (χ0) is 18.6. The SMILES string of the molecule is OCC#Cc1ccc(CN2CC[C@@H](c3ccc4c(c3)OCO4)[C@H](O)C2)cc1. The molecule has 0 spiro atoms.